The second-order valence-corrected chi connectivity index (χ2v) is 5.21. The maximum atomic E-state index is 13.1. The molecule has 110 valence electrons. The number of pyridine rings is 1. The van der Waals surface area contributed by atoms with Crippen LogP contribution in [-0.4, -0.2) is 10.9 Å². The van der Waals surface area contributed by atoms with Gasteiger partial charge in [0.05, 0.1) is 11.9 Å². The van der Waals surface area contributed by atoms with Gasteiger partial charge in [-0.05, 0) is 36.2 Å². The Balaban J connectivity index is 1.97. The zero-order chi connectivity index (χ0) is 15.2. The molecule has 4 nitrogen and oxygen atoms in total. The monoisotopic (exact) mass is 287 g/mol. The topological polar surface area (TPSA) is 54.0 Å². The Morgan fingerprint density at radius 3 is 2.67 bits per heavy atom. The number of carbonyl (C=O) groups is 1. The Hall–Kier alpha value is -2.43. The fourth-order valence-electron chi connectivity index (χ4n) is 1.84. The molecule has 0 aliphatic heterocycles. The molecule has 0 unspecified atom stereocenters. The molecule has 0 atom stereocenters. The predicted octanol–water partition coefficient (Wildman–Crippen LogP) is 3.95. The van der Waals surface area contributed by atoms with Crippen LogP contribution in [0.1, 0.15) is 20.3 Å². The van der Waals surface area contributed by atoms with Crippen molar-refractivity contribution in [2.75, 3.05) is 10.6 Å². The molecule has 1 amide bonds. The van der Waals surface area contributed by atoms with Gasteiger partial charge in [-0.1, -0.05) is 19.9 Å². The second kappa shape index (κ2) is 6.83. The largest absolute Gasteiger partial charge is 0.354 e. The van der Waals surface area contributed by atoms with Crippen LogP contribution in [0.2, 0.25) is 0 Å². The fourth-order valence-corrected chi connectivity index (χ4v) is 1.84. The van der Waals surface area contributed by atoms with E-state index >= 15 is 0 Å². The number of nitrogens with one attached hydrogen (secondary N) is 2. The molecule has 0 spiro atoms. The van der Waals surface area contributed by atoms with Crippen LogP contribution in [0.3, 0.4) is 0 Å². The SMILES string of the molecule is CC(C)CC(=O)Nc1ccc(Nc2cccc(F)c2)cn1. The Kier molecular flexibility index (Phi) is 4.87. The Morgan fingerprint density at radius 2 is 2.05 bits per heavy atom. The van der Waals surface area contributed by atoms with Gasteiger partial charge in [-0.2, -0.15) is 0 Å². The van der Waals surface area contributed by atoms with E-state index in [4.69, 9.17) is 0 Å². The van der Waals surface area contributed by atoms with Crippen molar-refractivity contribution in [3.63, 3.8) is 0 Å². The summed E-state index contributed by atoms with van der Waals surface area (Å²) >= 11 is 0. The van der Waals surface area contributed by atoms with Gasteiger partial charge in [0.2, 0.25) is 5.91 Å². The normalized spacial score (nSPS) is 10.5. The number of hydrogen-bond donors (Lipinski definition) is 2. The van der Waals surface area contributed by atoms with Crippen LogP contribution in [0.5, 0.6) is 0 Å². The lowest BCUT2D eigenvalue weighted by molar-refractivity contribution is -0.116. The van der Waals surface area contributed by atoms with E-state index in [0.717, 1.165) is 5.69 Å². The molecular formula is C16H18FN3O. The number of rotatable bonds is 5. The molecule has 21 heavy (non-hydrogen) atoms. The second-order valence-electron chi connectivity index (χ2n) is 5.21. The first kappa shape index (κ1) is 15.0. The van der Waals surface area contributed by atoms with E-state index in [1.807, 2.05) is 13.8 Å². The van der Waals surface area contributed by atoms with Crippen LogP contribution in [0.25, 0.3) is 0 Å². The van der Waals surface area contributed by atoms with Crippen molar-refractivity contribution in [1.29, 1.82) is 0 Å². The molecule has 0 fully saturated rings. The zero-order valence-electron chi connectivity index (χ0n) is 12.1. The number of anilines is 3. The van der Waals surface area contributed by atoms with Crippen LogP contribution in [-0.2, 0) is 4.79 Å². The highest BCUT2D eigenvalue weighted by atomic mass is 19.1. The van der Waals surface area contributed by atoms with Gasteiger partial charge in [-0.15, -0.1) is 0 Å². The van der Waals surface area contributed by atoms with E-state index in [2.05, 4.69) is 15.6 Å². The highest BCUT2D eigenvalue weighted by molar-refractivity contribution is 5.89. The highest BCUT2D eigenvalue weighted by Gasteiger charge is 2.06. The molecule has 0 saturated carbocycles. The lowest BCUT2D eigenvalue weighted by Gasteiger charge is -2.09. The van der Waals surface area contributed by atoms with Crippen LogP contribution in [0.4, 0.5) is 21.6 Å². The molecule has 0 radical (unpaired) electrons. The number of benzene rings is 1. The van der Waals surface area contributed by atoms with Gasteiger partial charge >= 0.3 is 0 Å². The van der Waals surface area contributed by atoms with E-state index in [-0.39, 0.29) is 11.7 Å². The molecular weight excluding hydrogens is 269 g/mol. The van der Waals surface area contributed by atoms with Crippen LogP contribution in [0, 0.1) is 11.7 Å². The van der Waals surface area contributed by atoms with Crippen molar-refractivity contribution in [1.82, 2.24) is 4.98 Å². The van der Waals surface area contributed by atoms with Gasteiger partial charge in [-0.3, -0.25) is 4.79 Å². The maximum Gasteiger partial charge on any atom is 0.225 e. The molecule has 0 aliphatic rings. The third kappa shape index (κ3) is 4.87. The minimum absolute atomic E-state index is 0.0525. The molecule has 2 aromatic rings. The van der Waals surface area contributed by atoms with E-state index < -0.39 is 0 Å². The Bertz CT molecular complexity index is 611. The van der Waals surface area contributed by atoms with E-state index in [9.17, 15) is 9.18 Å². The van der Waals surface area contributed by atoms with Crippen molar-refractivity contribution < 1.29 is 9.18 Å². The van der Waals surface area contributed by atoms with Gasteiger partial charge in [0.15, 0.2) is 0 Å². The summed E-state index contributed by atoms with van der Waals surface area (Å²) in [6.45, 7) is 3.97. The number of halogens is 1. The van der Waals surface area contributed by atoms with Gasteiger partial charge in [0, 0.05) is 12.1 Å². The zero-order valence-corrected chi connectivity index (χ0v) is 12.1. The van der Waals surface area contributed by atoms with Gasteiger partial charge in [0.25, 0.3) is 0 Å². The third-order valence-corrected chi connectivity index (χ3v) is 2.74. The average molecular weight is 287 g/mol. The first-order chi connectivity index (χ1) is 10.0. The number of carbonyl (C=O) groups excluding carboxylic acids is 1. The molecule has 0 aliphatic carbocycles. The summed E-state index contributed by atoms with van der Waals surface area (Å²) in [4.78, 5) is 15.8. The standard InChI is InChI=1S/C16H18FN3O/c1-11(2)8-16(21)20-15-7-6-14(10-18-15)19-13-5-3-4-12(17)9-13/h3-7,9-11,19H,8H2,1-2H3,(H,18,20,21). The van der Waals surface area contributed by atoms with Crippen molar-refractivity contribution in [3.8, 4) is 0 Å². The van der Waals surface area contributed by atoms with Gasteiger partial charge in [0.1, 0.15) is 11.6 Å². The fraction of sp³-hybridized carbons (Fsp3) is 0.250. The summed E-state index contributed by atoms with van der Waals surface area (Å²) in [6, 6.07) is 9.67. The van der Waals surface area contributed by atoms with Gasteiger partial charge < -0.3 is 10.6 Å². The number of amides is 1. The van der Waals surface area contributed by atoms with Crippen LogP contribution < -0.4 is 10.6 Å². The molecule has 5 heteroatoms. The highest BCUT2D eigenvalue weighted by Crippen LogP contribution is 2.17. The average Bonchev–Trinajstić information content (AvgIpc) is 2.40. The maximum absolute atomic E-state index is 13.1. The molecule has 1 heterocycles. The van der Waals surface area contributed by atoms with E-state index in [1.165, 1.54) is 12.1 Å². The summed E-state index contributed by atoms with van der Waals surface area (Å²) in [5.74, 6) is 0.457. The molecule has 2 N–H and O–H groups in total. The van der Waals surface area contributed by atoms with Crippen LogP contribution >= 0.6 is 0 Å². The summed E-state index contributed by atoms with van der Waals surface area (Å²) in [7, 11) is 0. The molecule has 0 saturated heterocycles. The summed E-state index contributed by atoms with van der Waals surface area (Å²) in [6.07, 6.45) is 2.06. The minimum Gasteiger partial charge on any atom is -0.354 e. The quantitative estimate of drug-likeness (QED) is 0.875. The van der Waals surface area contributed by atoms with Crippen molar-refractivity contribution in [2.24, 2.45) is 5.92 Å². The number of aromatic nitrogens is 1. The lowest BCUT2D eigenvalue weighted by atomic mass is 10.1. The third-order valence-electron chi connectivity index (χ3n) is 2.74. The minimum atomic E-state index is -0.300. The van der Waals surface area contributed by atoms with Crippen LogP contribution in [0.15, 0.2) is 42.6 Å². The molecule has 0 bridgehead atoms. The molecule has 1 aromatic carbocycles. The Labute approximate surface area is 123 Å². The summed E-state index contributed by atoms with van der Waals surface area (Å²) < 4.78 is 13.1. The summed E-state index contributed by atoms with van der Waals surface area (Å²) in [5.41, 5.74) is 1.37. The van der Waals surface area contributed by atoms with Gasteiger partial charge in [-0.25, -0.2) is 9.37 Å². The smallest absolute Gasteiger partial charge is 0.225 e. The van der Waals surface area contributed by atoms with Crippen molar-refractivity contribution >= 4 is 23.1 Å². The molecule has 2 rings (SSSR count). The number of hydrogen-bond acceptors (Lipinski definition) is 3. The first-order valence-electron chi connectivity index (χ1n) is 6.81. The number of nitrogens with zero attached hydrogens (tertiary/aromatic N) is 1. The Morgan fingerprint density at radius 1 is 1.24 bits per heavy atom. The lowest BCUT2D eigenvalue weighted by Crippen LogP contribution is -2.14. The molecule has 1 aromatic heterocycles. The van der Waals surface area contributed by atoms with E-state index in [0.29, 0.717) is 23.8 Å². The van der Waals surface area contributed by atoms with Crippen molar-refractivity contribution in [2.45, 2.75) is 20.3 Å². The first-order valence-corrected chi connectivity index (χ1v) is 6.81. The predicted molar refractivity (Wildman–Crippen MR) is 82.0 cm³/mol. The van der Waals surface area contributed by atoms with E-state index in [1.54, 1.807) is 30.5 Å². The van der Waals surface area contributed by atoms with Crippen molar-refractivity contribution in [3.05, 3.63) is 48.4 Å². The summed E-state index contributed by atoms with van der Waals surface area (Å²) in [5, 5.41) is 5.78.